The minimum absolute atomic E-state index is 0.0230. The van der Waals surface area contributed by atoms with E-state index in [-0.39, 0.29) is 11.9 Å². The zero-order chi connectivity index (χ0) is 19.4. The summed E-state index contributed by atoms with van der Waals surface area (Å²) in [5, 5.41) is 8.44. The largest absolute Gasteiger partial charge is 0.349 e. The summed E-state index contributed by atoms with van der Waals surface area (Å²) in [6.07, 6.45) is 11.9. The fourth-order valence-electron chi connectivity index (χ4n) is 5.25. The molecule has 0 saturated heterocycles. The van der Waals surface area contributed by atoms with Crippen molar-refractivity contribution in [1.82, 2.24) is 20.4 Å². The van der Waals surface area contributed by atoms with Gasteiger partial charge in [-0.05, 0) is 62.1 Å². The molecule has 2 bridgehead atoms. The highest BCUT2D eigenvalue weighted by Gasteiger charge is 2.37. The van der Waals surface area contributed by atoms with Gasteiger partial charge in [0.2, 0.25) is 0 Å². The fraction of sp³-hybridized carbons (Fsp3) is 0.478. The highest BCUT2D eigenvalue weighted by molar-refractivity contribution is 6.07. The van der Waals surface area contributed by atoms with Gasteiger partial charge in [0.1, 0.15) is 0 Å². The molecule has 3 aromatic heterocycles. The summed E-state index contributed by atoms with van der Waals surface area (Å²) in [5.41, 5.74) is 3.53. The summed E-state index contributed by atoms with van der Waals surface area (Å²) >= 11 is 0. The van der Waals surface area contributed by atoms with Crippen molar-refractivity contribution in [2.75, 3.05) is 0 Å². The van der Waals surface area contributed by atoms with E-state index in [0.717, 1.165) is 41.8 Å². The highest BCUT2D eigenvalue weighted by atomic mass is 16.5. The quantitative estimate of drug-likeness (QED) is 0.713. The maximum Gasteiger partial charge on any atom is 0.259 e. The molecule has 148 valence electrons. The summed E-state index contributed by atoms with van der Waals surface area (Å²) in [5.74, 6) is 1.75. The molecule has 0 radical (unpaired) electrons. The number of carbonyl (C=O) groups excluding carboxylic acids is 1. The molecule has 0 aromatic carbocycles. The molecule has 3 aromatic rings. The van der Waals surface area contributed by atoms with Crippen molar-refractivity contribution in [3.63, 3.8) is 0 Å². The Labute approximate surface area is 169 Å². The van der Waals surface area contributed by atoms with E-state index >= 15 is 0 Å². The Morgan fingerprint density at radius 3 is 2.69 bits per heavy atom. The van der Waals surface area contributed by atoms with Crippen molar-refractivity contribution in [2.45, 2.75) is 56.9 Å². The molecule has 1 unspecified atom stereocenters. The van der Waals surface area contributed by atoms with Crippen molar-refractivity contribution in [3.8, 4) is 11.3 Å². The fourth-order valence-corrected chi connectivity index (χ4v) is 5.25. The van der Waals surface area contributed by atoms with Crippen LogP contribution >= 0.6 is 0 Å². The van der Waals surface area contributed by atoms with Gasteiger partial charge in [0.05, 0.1) is 22.3 Å². The summed E-state index contributed by atoms with van der Waals surface area (Å²) < 4.78 is 5.58. The monoisotopic (exact) mass is 388 g/mol. The number of aromatic nitrogens is 3. The number of nitrogens with one attached hydrogen (secondary N) is 1. The second-order valence-corrected chi connectivity index (χ2v) is 8.92. The van der Waals surface area contributed by atoms with Crippen LogP contribution in [0.4, 0.5) is 0 Å². The van der Waals surface area contributed by atoms with Gasteiger partial charge in [-0.15, -0.1) is 0 Å². The van der Waals surface area contributed by atoms with Gasteiger partial charge in [0.15, 0.2) is 0 Å². The number of nitrogens with zero attached hydrogens (tertiary/aromatic N) is 3. The molecule has 3 heterocycles. The first-order chi connectivity index (χ1) is 14.3. The Morgan fingerprint density at radius 2 is 2.00 bits per heavy atom. The van der Waals surface area contributed by atoms with E-state index < -0.39 is 0 Å². The van der Waals surface area contributed by atoms with Gasteiger partial charge >= 0.3 is 0 Å². The van der Waals surface area contributed by atoms with E-state index in [9.17, 15) is 4.79 Å². The van der Waals surface area contributed by atoms with Gasteiger partial charge in [0, 0.05) is 29.9 Å². The van der Waals surface area contributed by atoms with Crippen LogP contribution in [-0.2, 0) is 0 Å². The van der Waals surface area contributed by atoms with Crippen LogP contribution in [0.3, 0.4) is 0 Å². The Kier molecular flexibility index (Phi) is 3.93. The van der Waals surface area contributed by atoms with Crippen LogP contribution in [0.1, 0.15) is 66.9 Å². The van der Waals surface area contributed by atoms with E-state index in [1.54, 1.807) is 12.4 Å². The van der Waals surface area contributed by atoms with Gasteiger partial charge in [-0.3, -0.25) is 9.78 Å². The van der Waals surface area contributed by atoms with Gasteiger partial charge in [-0.25, -0.2) is 4.98 Å². The molecule has 4 saturated carbocycles. The molecule has 29 heavy (non-hydrogen) atoms. The first kappa shape index (κ1) is 17.1. The molecule has 4 aliphatic carbocycles. The third kappa shape index (κ3) is 3.02. The smallest absolute Gasteiger partial charge is 0.259 e. The SMILES string of the molecule is O=C(NC1CC2CCC1CC2)c1cc(-c2cccnc2)nc2onc(C3CC3)c12. The van der Waals surface area contributed by atoms with Crippen LogP contribution in [-0.4, -0.2) is 27.1 Å². The molecule has 4 fully saturated rings. The summed E-state index contributed by atoms with van der Waals surface area (Å²) in [7, 11) is 0. The van der Waals surface area contributed by atoms with Gasteiger partial charge in [0.25, 0.3) is 11.6 Å². The lowest BCUT2D eigenvalue weighted by Crippen LogP contribution is -2.47. The number of amides is 1. The van der Waals surface area contributed by atoms with Crippen molar-refractivity contribution in [3.05, 3.63) is 41.9 Å². The van der Waals surface area contributed by atoms with Crippen LogP contribution in [0.15, 0.2) is 35.1 Å². The van der Waals surface area contributed by atoms with E-state index in [0.29, 0.717) is 28.8 Å². The first-order valence-corrected chi connectivity index (χ1v) is 10.8. The molecule has 7 rings (SSSR count). The molecule has 6 heteroatoms. The molecule has 1 amide bonds. The molecule has 4 aliphatic rings. The average molecular weight is 388 g/mol. The highest BCUT2D eigenvalue weighted by Crippen LogP contribution is 2.44. The van der Waals surface area contributed by atoms with E-state index in [1.165, 1.54) is 25.7 Å². The molecular weight excluding hydrogens is 364 g/mol. The summed E-state index contributed by atoms with van der Waals surface area (Å²) in [6, 6.07) is 5.99. The zero-order valence-electron chi connectivity index (χ0n) is 16.3. The number of rotatable bonds is 4. The molecule has 6 nitrogen and oxygen atoms in total. The average Bonchev–Trinajstić information content (AvgIpc) is 3.53. The van der Waals surface area contributed by atoms with Gasteiger partial charge < -0.3 is 9.84 Å². The van der Waals surface area contributed by atoms with Crippen LogP contribution in [0, 0.1) is 11.8 Å². The van der Waals surface area contributed by atoms with Crippen LogP contribution in [0.25, 0.3) is 22.4 Å². The predicted octanol–water partition coefficient (Wildman–Crippen LogP) is 4.47. The topological polar surface area (TPSA) is 80.9 Å². The summed E-state index contributed by atoms with van der Waals surface area (Å²) in [6.45, 7) is 0. The Morgan fingerprint density at radius 1 is 1.14 bits per heavy atom. The molecular formula is C23H24N4O2. The number of fused-ring (bicyclic) bond motifs is 4. The molecule has 0 spiro atoms. The Bertz CT molecular complexity index is 1070. The molecule has 0 aliphatic heterocycles. The minimum Gasteiger partial charge on any atom is -0.349 e. The lowest BCUT2D eigenvalue weighted by Gasteiger charge is -2.42. The summed E-state index contributed by atoms with van der Waals surface area (Å²) in [4.78, 5) is 22.3. The lowest BCUT2D eigenvalue weighted by molar-refractivity contribution is 0.0812. The maximum absolute atomic E-state index is 13.5. The number of carbonyl (C=O) groups is 1. The Balaban J connectivity index is 1.41. The number of hydrogen-bond donors (Lipinski definition) is 1. The lowest BCUT2D eigenvalue weighted by atomic mass is 9.68. The van der Waals surface area contributed by atoms with Crippen LogP contribution in [0.2, 0.25) is 0 Å². The van der Waals surface area contributed by atoms with Crippen molar-refractivity contribution in [2.24, 2.45) is 11.8 Å². The van der Waals surface area contributed by atoms with Crippen molar-refractivity contribution in [1.29, 1.82) is 0 Å². The van der Waals surface area contributed by atoms with E-state index in [1.807, 2.05) is 18.2 Å². The van der Waals surface area contributed by atoms with E-state index in [2.05, 4.69) is 20.4 Å². The second-order valence-electron chi connectivity index (χ2n) is 8.92. The predicted molar refractivity (Wildman–Crippen MR) is 108 cm³/mol. The van der Waals surface area contributed by atoms with Crippen LogP contribution in [0.5, 0.6) is 0 Å². The normalized spacial score (nSPS) is 26.0. The zero-order valence-corrected chi connectivity index (χ0v) is 16.3. The first-order valence-electron chi connectivity index (χ1n) is 10.8. The minimum atomic E-state index is -0.0230. The second kappa shape index (κ2) is 6.65. The third-order valence-electron chi connectivity index (χ3n) is 7.00. The standard InChI is InChI=1S/C23H24N4O2/c28-22(25-18-10-13-3-5-14(18)6-4-13)17-11-19(16-2-1-9-24-12-16)26-23-20(17)21(27-29-23)15-7-8-15/h1-2,9,11-15,18H,3-8,10H2,(H,25,28). The molecule has 1 atom stereocenters. The third-order valence-corrected chi connectivity index (χ3v) is 7.00. The van der Waals surface area contributed by atoms with E-state index in [4.69, 9.17) is 4.52 Å². The van der Waals surface area contributed by atoms with Crippen LogP contribution < -0.4 is 5.32 Å². The number of pyridine rings is 2. The van der Waals surface area contributed by atoms with Gasteiger partial charge in [-0.1, -0.05) is 18.0 Å². The molecule has 1 N–H and O–H groups in total. The van der Waals surface area contributed by atoms with Crippen molar-refractivity contribution >= 4 is 17.0 Å². The van der Waals surface area contributed by atoms with Gasteiger partial charge in [-0.2, -0.15) is 0 Å². The number of hydrogen-bond acceptors (Lipinski definition) is 5. The maximum atomic E-state index is 13.5. The Hall–Kier alpha value is -2.76. The van der Waals surface area contributed by atoms with Crippen molar-refractivity contribution < 1.29 is 9.32 Å².